The van der Waals surface area contributed by atoms with Crippen LogP contribution in [-0.2, 0) is 62.1 Å². The van der Waals surface area contributed by atoms with Gasteiger partial charge in [0, 0.05) is 43.0 Å². The van der Waals surface area contributed by atoms with Crippen molar-refractivity contribution in [2.75, 3.05) is 0 Å². The zero-order valence-electron chi connectivity index (χ0n) is 49.6. The molecule has 0 saturated heterocycles. The van der Waals surface area contributed by atoms with Crippen LogP contribution in [0.3, 0.4) is 0 Å². The molecule has 0 bridgehead atoms. The highest BCUT2D eigenvalue weighted by Gasteiger charge is 2.45. The third kappa shape index (κ3) is 13.3. The number of hydrogen-bond acceptors (Lipinski definition) is 13. The van der Waals surface area contributed by atoms with Gasteiger partial charge in [-0.05, 0) is 97.2 Å². The first-order valence-corrected chi connectivity index (χ1v) is 33.7. The van der Waals surface area contributed by atoms with Gasteiger partial charge in [0.05, 0.1) is 12.8 Å². The van der Waals surface area contributed by atoms with Crippen molar-refractivity contribution in [3.8, 4) is 0 Å². The predicted octanol–water partition coefficient (Wildman–Crippen LogP) is 11.9. The molecule has 0 spiro atoms. The minimum Gasteiger partial charge on any atom is -0.461 e. The molecule has 0 aliphatic rings. The molecular formula is C72H67O13P3. The third-order valence-corrected chi connectivity index (χ3v) is 24.4. The highest BCUT2D eigenvalue weighted by atomic mass is 31.2. The number of esters is 3. The average molecular weight is 1230 g/mol. The van der Waals surface area contributed by atoms with Gasteiger partial charge >= 0.3 is 17.9 Å². The van der Waals surface area contributed by atoms with Crippen molar-refractivity contribution in [3.05, 3.63) is 285 Å². The lowest BCUT2D eigenvalue weighted by atomic mass is 9.95. The Morgan fingerprint density at radius 3 is 0.920 bits per heavy atom. The van der Waals surface area contributed by atoms with E-state index in [1.165, 1.54) is 0 Å². The van der Waals surface area contributed by atoms with Gasteiger partial charge in [0.15, 0.2) is 12.7 Å². The van der Waals surface area contributed by atoms with E-state index in [4.69, 9.17) is 14.2 Å². The molecule has 88 heavy (non-hydrogen) atoms. The van der Waals surface area contributed by atoms with E-state index >= 15 is 13.7 Å². The maximum atomic E-state index is 15.2. The van der Waals surface area contributed by atoms with Crippen LogP contribution < -0.4 is 31.8 Å². The second-order valence-corrected chi connectivity index (χ2v) is 30.2. The lowest BCUT2D eigenvalue weighted by molar-refractivity contribution is -0.179. The van der Waals surface area contributed by atoms with Gasteiger partial charge in [0.25, 0.3) is 0 Å². The molecule has 0 heterocycles. The van der Waals surface area contributed by atoms with E-state index < -0.39 is 81.3 Å². The number of hydrogen-bond donors (Lipinski definition) is 2. The fourth-order valence-electron chi connectivity index (χ4n) is 11.4. The topological polar surface area (TPSA) is 205 Å². The Kier molecular flexibility index (Phi) is 19.7. The van der Waals surface area contributed by atoms with E-state index in [-0.39, 0.29) is 24.3 Å². The Balaban J connectivity index is 0.951. The van der Waals surface area contributed by atoms with Crippen LogP contribution in [0.4, 0.5) is 0 Å². The minimum atomic E-state index is -3.88. The van der Waals surface area contributed by atoms with Crippen LogP contribution in [0.5, 0.6) is 0 Å². The molecule has 0 aliphatic carbocycles. The van der Waals surface area contributed by atoms with Crippen LogP contribution in [0, 0.1) is 41.5 Å². The molecule has 9 aromatic carbocycles. The van der Waals surface area contributed by atoms with Crippen molar-refractivity contribution in [1.29, 1.82) is 0 Å². The second-order valence-electron chi connectivity index (χ2n) is 22.0. The van der Waals surface area contributed by atoms with Crippen LogP contribution in [0.2, 0.25) is 0 Å². The molecule has 16 heteroatoms. The number of rotatable bonds is 23. The normalized spacial score (nSPS) is 12.2. The van der Waals surface area contributed by atoms with Crippen molar-refractivity contribution in [2.24, 2.45) is 0 Å². The summed E-state index contributed by atoms with van der Waals surface area (Å²) in [6.45, 7) is 8.96. The van der Waals surface area contributed by atoms with Gasteiger partial charge < -0.3 is 38.1 Å². The lowest BCUT2D eigenvalue weighted by Gasteiger charge is -2.28. The van der Waals surface area contributed by atoms with Crippen molar-refractivity contribution >= 4 is 82.2 Å². The molecule has 2 N–H and O–H groups in total. The maximum absolute atomic E-state index is 15.2. The first-order valence-electron chi connectivity index (χ1n) is 28.5. The summed E-state index contributed by atoms with van der Waals surface area (Å²) >= 11 is 0. The SMILES string of the molecule is Cc1cc(COC(=O)CC(O)(CC(=O)OCc2cc(C)c(C(=O)P(=O)(c3ccccc3)c3ccccc3)c(C)c2)C(=O)OCc2cc(C)c(C(O)P(=O)(c3ccccc3)c3ccccc3)c(C)c2)cc(C)c1C(=O)P(=O)(c1ccccc1)c1ccccc1. The molecule has 1 atom stereocenters. The molecule has 448 valence electrons. The van der Waals surface area contributed by atoms with Crippen LogP contribution >= 0.6 is 21.4 Å². The first kappa shape index (κ1) is 63.8. The van der Waals surface area contributed by atoms with E-state index in [2.05, 4.69) is 0 Å². The predicted molar refractivity (Wildman–Crippen MR) is 344 cm³/mol. The van der Waals surface area contributed by atoms with E-state index in [1.54, 1.807) is 260 Å². The molecule has 0 radical (unpaired) electrons. The number of carbonyl (C=O) groups is 5. The molecule has 0 aliphatic heterocycles. The van der Waals surface area contributed by atoms with E-state index in [0.717, 1.165) is 0 Å². The summed E-state index contributed by atoms with van der Waals surface area (Å²) in [7, 11) is -11.5. The molecule has 1 unspecified atom stereocenters. The van der Waals surface area contributed by atoms with Crippen LogP contribution in [0.1, 0.15) is 95.0 Å². The largest absolute Gasteiger partial charge is 0.461 e. The second kappa shape index (κ2) is 27.2. The highest BCUT2D eigenvalue weighted by Crippen LogP contribution is 2.57. The lowest BCUT2D eigenvalue weighted by Crippen LogP contribution is -2.44. The maximum Gasteiger partial charge on any atom is 0.339 e. The van der Waals surface area contributed by atoms with Crippen LogP contribution in [-0.4, -0.2) is 44.8 Å². The Morgan fingerprint density at radius 1 is 0.386 bits per heavy atom. The summed E-state index contributed by atoms with van der Waals surface area (Å²) in [6.07, 6.45) is -2.13. The summed E-state index contributed by atoms with van der Waals surface area (Å²) in [6, 6.07) is 61.5. The van der Waals surface area contributed by atoms with Gasteiger partial charge in [0.1, 0.15) is 25.7 Å². The quantitative estimate of drug-likeness (QED) is 0.0348. The summed E-state index contributed by atoms with van der Waals surface area (Å²) in [5.74, 6) is -5.01. The van der Waals surface area contributed by atoms with Crippen molar-refractivity contribution < 1.29 is 62.1 Å². The van der Waals surface area contributed by atoms with Crippen molar-refractivity contribution in [2.45, 2.75) is 85.7 Å². The van der Waals surface area contributed by atoms with Crippen LogP contribution in [0.15, 0.2) is 218 Å². The number of aliphatic hydroxyl groups excluding tert-OH is 1. The smallest absolute Gasteiger partial charge is 0.339 e. The Labute approximate surface area is 512 Å². The summed E-state index contributed by atoms with van der Waals surface area (Å²) in [5.41, 5.74) is 1.09. The number of carbonyl (C=O) groups excluding carboxylic acids is 5. The monoisotopic (exact) mass is 1230 g/mol. The van der Waals surface area contributed by atoms with Crippen molar-refractivity contribution in [1.82, 2.24) is 0 Å². The van der Waals surface area contributed by atoms with E-state index in [1.807, 2.05) is 0 Å². The summed E-state index contributed by atoms with van der Waals surface area (Å²) in [5, 5.41) is 26.8. The van der Waals surface area contributed by atoms with E-state index in [0.29, 0.717) is 87.5 Å². The molecule has 13 nitrogen and oxygen atoms in total. The van der Waals surface area contributed by atoms with E-state index in [9.17, 15) is 34.2 Å². The molecule has 9 aromatic rings. The van der Waals surface area contributed by atoms with Crippen molar-refractivity contribution in [3.63, 3.8) is 0 Å². The fraction of sp³-hybridized carbons (Fsp3) is 0.181. The van der Waals surface area contributed by atoms with Crippen LogP contribution in [0.25, 0.3) is 0 Å². The number of aliphatic hydroxyl groups is 2. The minimum absolute atomic E-state index is 0.240. The Bertz CT molecular complexity index is 3830. The first-order chi connectivity index (χ1) is 42.1. The van der Waals surface area contributed by atoms with Gasteiger partial charge in [-0.3, -0.25) is 19.2 Å². The average Bonchev–Trinajstić information content (AvgIpc) is 0.946. The summed E-state index contributed by atoms with van der Waals surface area (Å²) < 4.78 is 62.3. The number of aryl methyl sites for hydroxylation is 6. The Hall–Kier alpha value is -8.66. The third-order valence-electron chi connectivity index (χ3n) is 15.6. The molecule has 0 saturated carbocycles. The molecule has 0 aromatic heterocycles. The van der Waals surface area contributed by atoms with Gasteiger partial charge in [-0.1, -0.05) is 218 Å². The molecule has 9 rings (SSSR count). The zero-order chi connectivity index (χ0) is 63.0. The fourth-order valence-corrected chi connectivity index (χ4v) is 19.5. The van der Waals surface area contributed by atoms with Gasteiger partial charge in [0.2, 0.25) is 25.3 Å². The zero-order valence-corrected chi connectivity index (χ0v) is 52.3. The Morgan fingerprint density at radius 2 is 0.636 bits per heavy atom. The summed E-state index contributed by atoms with van der Waals surface area (Å²) in [4.78, 5) is 71.3. The molecule has 0 amide bonds. The van der Waals surface area contributed by atoms with Gasteiger partial charge in [-0.25, -0.2) is 4.79 Å². The molecule has 0 fully saturated rings. The van der Waals surface area contributed by atoms with Gasteiger partial charge in [-0.15, -0.1) is 0 Å². The standard InChI is InChI=1S/C72H67O13P3/c1-48-37-54(38-49(2)65(48)68(75)86(80,57-25-13-7-14-26-57)58-27-15-8-16-28-58)45-83-63(73)43-72(79,71(78)85-47-56-41-52(5)67(53(6)42-56)70(77)88(82,61-33-21-11-22-34-61)62-35-23-12-24-36-62)44-64(74)84-46-55-39-50(3)66(51(4)40-55)69(76)87(81,59-29-17-9-18-30-59)60-31-19-10-20-32-60/h7-42,70,77,79H,43-47H2,1-6H3. The van der Waals surface area contributed by atoms with Gasteiger partial charge in [-0.2, -0.15) is 0 Å². The number of benzene rings is 9. The highest BCUT2D eigenvalue weighted by molar-refractivity contribution is 7.94. The molecular weight excluding hydrogens is 1170 g/mol. The number of ether oxygens (including phenoxy) is 3.